The van der Waals surface area contributed by atoms with Gasteiger partial charge in [-0.1, -0.05) is 6.08 Å². The fraction of sp³-hybridized carbons (Fsp3) is 0.786. The van der Waals surface area contributed by atoms with Gasteiger partial charge in [0, 0.05) is 13.7 Å². The molecule has 1 amide bonds. The van der Waals surface area contributed by atoms with Crippen LogP contribution in [-0.4, -0.2) is 47.2 Å². The van der Waals surface area contributed by atoms with Crippen LogP contribution in [0.15, 0.2) is 12.7 Å². The molecule has 1 N–H and O–H groups in total. The average Bonchev–Trinajstić information content (AvgIpc) is 2.71. The van der Waals surface area contributed by atoms with Gasteiger partial charge >= 0.3 is 6.09 Å². The SMILES string of the molecule is C=CCC1(C(O)OC)CCCN1C(=O)OC(C)(C)C. The van der Waals surface area contributed by atoms with Crippen LogP contribution in [0.4, 0.5) is 4.79 Å². The van der Waals surface area contributed by atoms with Gasteiger partial charge in [0.2, 0.25) is 0 Å². The fourth-order valence-corrected chi connectivity index (χ4v) is 2.53. The number of methoxy groups -OCH3 is 1. The van der Waals surface area contributed by atoms with Crippen molar-refractivity contribution in [2.45, 2.75) is 57.5 Å². The molecular formula is C14H25NO4. The van der Waals surface area contributed by atoms with Crippen LogP contribution in [0.1, 0.15) is 40.0 Å². The monoisotopic (exact) mass is 271 g/mol. The molecule has 0 spiro atoms. The second-order valence-electron chi connectivity index (χ2n) is 5.92. The summed E-state index contributed by atoms with van der Waals surface area (Å²) in [7, 11) is 1.43. The van der Waals surface area contributed by atoms with Gasteiger partial charge in [-0.2, -0.15) is 0 Å². The molecule has 1 rings (SSSR count). The summed E-state index contributed by atoms with van der Waals surface area (Å²) in [5.41, 5.74) is -1.32. The third-order valence-electron chi connectivity index (χ3n) is 3.32. The maximum atomic E-state index is 12.3. The predicted molar refractivity (Wildman–Crippen MR) is 72.7 cm³/mol. The van der Waals surface area contributed by atoms with Crippen molar-refractivity contribution < 1.29 is 19.4 Å². The van der Waals surface area contributed by atoms with E-state index in [1.54, 1.807) is 11.0 Å². The van der Waals surface area contributed by atoms with E-state index in [0.717, 1.165) is 6.42 Å². The predicted octanol–water partition coefficient (Wildman–Crippen LogP) is 2.30. The molecule has 0 aliphatic carbocycles. The van der Waals surface area contributed by atoms with Crippen LogP contribution in [0.5, 0.6) is 0 Å². The zero-order valence-electron chi connectivity index (χ0n) is 12.3. The highest BCUT2D eigenvalue weighted by atomic mass is 16.6. The smallest absolute Gasteiger partial charge is 0.410 e. The summed E-state index contributed by atoms with van der Waals surface area (Å²) in [5.74, 6) is 0. The van der Waals surface area contributed by atoms with Gasteiger partial charge in [-0.15, -0.1) is 6.58 Å². The largest absolute Gasteiger partial charge is 0.444 e. The van der Waals surface area contributed by atoms with Gasteiger partial charge in [-0.3, -0.25) is 4.90 Å². The van der Waals surface area contributed by atoms with E-state index >= 15 is 0 Å². The topological polar surface area (TPSA) is 59.0 Å². The number of aliphatic hydroxyl groups is 1. The van der Waals surface area contributed by atoms with Gasteiger partial charge in [0.25, 0.3) is 0 Å². The Hall–Kier alpha value is -1.07. The normalized spacial score (nSPS) is 25.2. The Balaban J connectivity index is 2.96. The first kappa shape index (κ1) is 16.0. The maximum absolute atomic E-state index is 12.3. The lowest BCUT2D eigenvalue weighted by Crippen LogP contribution is -2.56. The zero-order valence-corrected chi connectivity index (χ0v) is 12.3. The number of carbonyl (C=O) groups excluding carboxylic acids is 1. The summed E-state index contributed by atoms with van der Waals surface area (Å²) in [6.07, 6.45) is 2.20. The lowest BCUT2D eigenvalue weighted by Gasteiger charge is -2.41. The highest BCUT2D eigenvalue weighted by Gasteiger charge is 2.49. The molecule has 2 atom stereocenters. The minimum Gasteiger partial charge on any atom is -0.444 e. The van der Waals surface area contributed by atoms with Gasteiger partial charge in [0.15, 0.2) is 6.29 Å². The quantitative estimate of drug-likeness (QED) is 0.629. The van der Waals surface area contributed by atoms with Crippen molar-refractivity contribution in [3.63, 3.8) is 0 Å². The van der Waals surface area contributed by atoms with E-state index in [0.29, 0.717) is 19.4 Å². The number of rotatable bonds is 4. The Labute approximate surface area is 115 Å². The summed E-state index contributed by atoms with van der Waals surface area (Å²) in [4.78, 5) is 13.9. The van der Waals surface area contributed by atoms with Crippen molar-refractivity contribution in [1.82, 2.24) is 4.90 Å². The van der Waals surface area contributed by atoms with Crippen LogP contribution in [0.2, 0.25) is 0 Å². The van der Waals surface area contributed by atoms with Gasteiger partial charge in [0.05, 0.1) is 0 Å². The molecule has 0 saturated carbocycles. The molecule has 1 aliphatic heterocycles. The van der Waals surface area contributed by atoms with Gasteiger partial charge in [0.1, 0.15) is 11.1 Å². The highest BCUT2D eigenvalue weighted by molar-refractivity contribution is 5.70. The van der Waals surface area contributed by atoms with Gasteiger partial charge in [-0.25, -0.2) is 4.79 Å². The number of amides is 1. The lowest BCUT2D eigenvalue weighted by molar-refractivity contribution is -0.158. The molecule has 0 bridgehead atoms. The number of hydrogen-bond donors (Lipinski definition) is 1. The Morgan fingerprint density at radius 2 is 2.21 bits per heavy atom. The molecule has 1 fully saturated rings. The van der Waals surface area contributed by atoms with Crippen molar-refractivity contribution in [1.29, 1.82) is 0 Å². The zero-order chi connectivity index (χ0) is 14.7. The molecule has 2 unspecified atom stereocenters. The molecule has 1 aliphatic rings. The summed E-state index contributed by atoms with van der Waals surface area (Å²) in [6, 6.07) is 0. The molecule has 0 aromatic rings. The molecule has 5 heteroatoms. The van der Waals surface area contributed by atoms with E-state index in [4.69, 9.17) is 9.47 Å². The number of likely N-dealkylation sites (tertiary alicyclic amines) is 1. The number of ether oxygens (including phenoxy) is 2. The van der Waals surface area contributed by atoms with E-state index in [-0.39, 0.29) is 0 Å². The van der Waals surface area contributed by atoms with Crippen LogP contribution in [0, 0.1) is 0 Å². The van der Waals surface area contributed by atoms with Gasteiger partial charge in [-0.05, 0) is 40.0 Å². The molecule has 0 aromatic carbocycles. The number of hydrogen-bond acceptors (Lipinski definition) is 4. The first-order valence-corrected chi connectivity index (χ1v) is 6.59. The van der Waals surface area contributed by atoms with Crippen molar-refractivity contribution in [3.05, 3.63) is 12.7 Å². The lowest BCUT2D eigenvalue weighted by atomic mass is 9.91. The molecule has 0 radical (unpaired) electrons. The maximum Gasteiger partial charge on any atom is 0.410 e. The number of aliphatic hydroxyl groups excluding tert-OH is 1. The first-order valence-electron chi connectivity index (χ1n) is 6.59. The minimum atomic E-state index is -1.04. The van der Waals surface area contributed by atoms with Crippen molar-refractivity contribution >= 4 is 6.09 Å². The highest BCUT2D eigenvalue weighted by Crippen LogP contribution is 2.37. The Kier molecular flexibility index (Phi) is 4.98. The average molecular weight is 271 g/mol. The molecule has 5 nitrogen and oxygen atoms in total. The third-order valence-corrected chi connectivity index (χ3v) is 3.32. The first-order chi connectivity index (χ1) is 8.77. The van der Waals surface area contributed by atoms with Crippen molar-refractivity contribution in [2.75, 3.05) is 13.7 Å². The molecular weight excluding hydrogens is 246 g/mol. The minimum absolute atomic E-state index is 0.414. The standard InChI is InChI=1S/C14H25NO4/c1-6-8-14(11(16)18-5)9-7-10-15(14)12(17)19-13(2,3)4/h6,11,16H,1,7-10H2,2-5H3. The summed E-state index contributed by atoms with van der Waals surface area (Å²) >= 11 is 0. The van der Waals surface area contributed by atoms with Crippen LogP contribution in [0.25, 0.3) is 0 Å². The second-order valence-corrected chi connectivity index (χ2v) is 5.92. The summed E-state index contributed by atoms with van der Waals surface area (Å²) < 4.78 is 10.5. The molecule has 0 aromatic heterocycles. The Morgan fingerprint density at radius 3 is 2.68 bits per heavy atom. The summed E-state index contributed by atoms with van der Waals surface area (Å²) in [5, 5.41) is 10.1. The summed E-state index contributed by atoms with van der Waals surface area (Å²) in [6.45, 7) is 9.73. The Morgan fingerprint density at radius 1 is 1.58 bits per heavy atom. The van der Waals surface area contributed by atoms with E-state index in [2.05, 4.69) is 6.58 Å². The van der Waals surface area contributed by atoms with Crippen molar-refractivity contribution in [2.24, 2.45) is 0 Å². The van der Waals surface area contributed by atoms with Gasteiger partial charge < -0.3 is 14.6 Å². The van der Waals surface area contributed by atoms with E-state index in [1.165, 1.54) is 7.11 Å². The molecule has 110 valence electrons. The molecule has 19 heavy (non-hydrogen) atoms. The van der Waals surface area contributed by atoms with Crippen LogP contribution in [0.3, 0.4) is 0 Å². The molecule has 1 heterocycles. The van der Waals surface area contributed by atoms with E-state index < -0.39 is 23.5 Å². The van der Waals surface area contributed by atoms with Crippen LogP contribution < -0.4 is 0 Å². The second kappa shape index (κ2) is 5.92. The fourth-order valence-electron chi connectivity index (χ4n) is 2.53. The van der Waals surface area contributed by atoms with E-state index in [9.17, 15) is 9.90 Å². The van der Waals surface area contributed by atoms with Crippen LogP contribution in [-0.2, 0) is 9.47 Å². The Bertz CT molecular complexity index is 337. The molecule has 1 saturated heterocycles. The third kappa shape index (κ3) is 3.48. The number of nitrogens with zero attached hydrogens (tertiary/aromatic N) is 1. The number of carbonyl (C=O) groups is 1. The van der Waals surface area contributed by atoms with Crippen LogP contribution >= 0.6 is 0 Å². The van der Waals surface area contributed by atoms with E-state index in [1.807, 2.05) is 20.8 Å². The van der Waals surface area contributed by atoms with Crippen molar-refractivity contribution in [3.8, 4) is 0 Å².